The van der Waals surface area contributed by atoms with Gasteiger partial charge >= 0.3 is 5.97 Å². The Bertz CT molecular complexity index is 450. The Morgan fingerprint density at radius 1 is 1.26 bits per heavy atom. The largest absolute Gasteiger partial charge is 0.462 e. The molecule has 0 heterocycles. The zero-order valence-electron chi connectivity index (χ0n) is 12.7. The Morgan fingerprint density at radius 3 is 2.68 bits per heavy atom. The van der Waals surface area contributed by atoms with Gasteiger partial charge in [0.15, 0.2) is 0 Å². The normalized spacial score (nSPS) is 45.1. The van der Waals surface area contributed by atoms with Crippen LogP contribution in [0.15, 0.2) is 11.1 Å². The second-order valence-electron chi connectivity index (χ2n) is 7.56. The van der Waals surface area contributed by atoms with Gasteiger partial charge < -0.3 is 4.74 Å². The highest BCUT2D eigenvalue weighted by atomic mass is 16.5. The van der Waals surface area contributed by atoms with Gasteiger partial charge in [-0.15, -0.1) is 0 Å². The third-order valence-corrected chi connectivity index (χ3v) is 6.30. The summed E-state index contributed by atoms with van der Waals surface area (Å²) < 4.78 is 5.63. The summed E-state index contributed by atoms with van der Waals surface area (Å²) in [5.74, 6) is 0.694. The number of rotatable bonds is 1. The number of allylic oxidation sites excluding steroid dienone is 2. The van der Waals surface area contributed by atoms with E-state index in [0.717, 1.165) is 12.3 Å². The van der Waals surface area contributed by atoms with Crippen LogP contribution in [0.5, 0.6) is 0 Å². The Kier molecular flexibility index (Phi) is 2.85. The zero-order chi connectivity index (χ0) is 13.8. The smallest absolute Gasteiger partial charge is 0.302 e. The molecule has 2 bridgehead atoms. The molecule has 0 aromatic rings. The summed E-state index contributed by atoms with van der Waals surface area (Å²) in [7, 11) is 0. The first-order chi connectivity index (χ1) is 8.86. The van der Waals surface area contributed by atoms with E-state index in [9.17, 15) is 4.79 Å². The Balaban J connectivity index is 1.86. The van der Waals surface area contributed by atoms with Crippen molar-refractivity contribution in [3.63, 3.8) is 0 Å². The van der Waals surface area contributed by atoms with Gasteiger partial charge in [-0.3, -0.25) is 4.79 Å². The summed E-state index contributed by atoms with van der Waals surface area (Å²) >= 11 is 0. The lowest BCUT2D eigenvalue weighted by atomic mass is 9.50. The number of esters is 1. The maximum atomic E-state index is 11.3. The summed E-state index contributed by atoms with van der Waals surface area (Å²) in [5.41, 5.74) is 4.00. The van der Waals surface area contributed by atoms with Crippen molar-refractivity contribution in [1.29, 1.82) is 0 Å². The number of fused-ring (bicyclic) bond motifs is 1. The standard InChI is InChI=1S/C17H26O2/c1-11-9-17-8-6-15(19-13(3)18)16(4,10-17)7-5-14(17)12(11)2/h14-15H,5-10H2,1-4H3/t14?,15-,16?,17?/m0/s1. The van der Waals surface area contributed by atoms with Crippen LogP contribution in [0.25, 0.3) is 0 Å². The third kappa shape index (κ3) is 1.86. The number of hydrogen-bond acceptors (Lipinski definition) is 2. The van der Waals surface area contributed by atoms with Gasteiger partial charge in [-0.1, -0.05) is 18.1 Å². The van der Waals surface area contributed by atoms with Crippen LogP contribution in [-0.2, 0) is 9.53 Å². The van der Waals surface area contributed by atoms with Crippen LogP contribution < -0.4 is 0 Å². The molecule has 0 aromatic carbocycles. The average molecular weight is 262 g/mol. The molecule has 3 aliphatic carbocycles. The highest BCUT2D eigenvalue weighted by molar-refractivity contribution is 5.66. The predicted octanol–water partition coefficient (Wildman–Crippen LogP) is 4.24. The van der Waals surface area contributed by atoms with E-state index in [2.05, 4.69) is 20.8 Å². The molecule has 3 rings (SSSR count). The van der Waals surface area contributed by atoms with Crippen molar-refractivity contribution in [2.24, 2.45) is 16.7 Å². The van der Waals surface area contributed by atoms with Crippen molar-refractivity contribution < 1.29 is 9.53 Å². The van der Waals surface area contributed by atoms with E-state index in [-0.39, 0.29) is 17.5 Å². The fourth-order valence-electron chi connectivity index (χ4n) is 5.42. The number of ether oxygens (including phenoxy) is 1. The first-order valence-electron chi connectivity index (χ1n) is 7.70. The minimum absolute atomic E-state index is 0.110. The van der Waals surface area contributed by atoms with Crippen LogP contribution in [0.2, 0.25) is 0 Å². The van der Waals surface area contributed by atoms with Crippen LogP contribution in [0.1, 0.15) is 66.2 Å². The molecule has 2 nitrogen and oxygen atoms in total. The SMILES string of the molecule is CC(=O)O[C@H]1CCC23CC(C)=C(C)C2CCC1(C)C3. The first-order valence-corrected chi connectivity index (χ1v) is 7.70. The molecule has 4 atom stereocenters. The monoisotopic (exact) mass is 262 g/mol. The van der Waals surface area contributed by atoms with Crippen LogP contribution in [0, 0.1) is 16.7 Å². The fraction of sp³-hybridized carbons (Fsp3) is 0.824. The predicted molar refractivity (Wildman–Crippen MR) is 75.7 cm³/mol. The molecule has 0 saturated heterocycles. The Hall–Kier alpha value is -0.790. The lowest BCUT2D eigenvalue weighted by molar-refractivity contribution is -0.168. The minimum atomic E-state index is -0.110. The van der Waals surface area contributed by atoms with Gasteiger partial charge in [-0.05, 0) is 63.7 Å². The molecule has 0 radical (unpaired) electrons. The van der Waals surface area contributed by atoms with Crippen molar-refractivity contribution in [2.75, 3.05) is 0 Å². The molecule has 0 amide bonds. The van der Waals surface area contributed by atoms with E-state index >= 15 is 0 Å². The highest BCUT2D eigenvalue weighted by Gasteiger charge is 2.57. The van der Waals surface area contributed by atoms with Gasteiger partial charge in [-0.2, -0.15) is 0 Å². The Morgan fingerprint density at radius 2 is 2.00 bits per heavy atom. The van der Waals surface area contributed by atoms with Crippen molar-refractivity contribution >= 4 is 5.97 Å². The quantitative estimate of drug-likeness (QED) is 0.522. The van der Waals surface area contributed by atoms with Gasteiger partial charge in [0.05, 0.1) is 0 Å². The van der Waals surface area contributed by atoms with Gasteiger partial charge in [-0.25, -0.2) is 0 Å². The highest BCUT2D eigenvalue weighted by Crippen LogP contribution is 2.65. The summed E-state index contributed by atoms with van der Waals surface area (Å²) in [5, 5.41) is 0. The minimum Gasteiger partial charge on any atom is -0.462 e. The van der Waals surface area contributed by atoms with Crippen molar-refractivity contribution in [2.45, 2.75) is 72.3 Å². The van der Waals surface area contributed by atoms with E-state index in [0.29, 0.717) is 5.41 Å². The van der Waals surface area contributed by atoms with Crippen LogP contribution in [-0.4, -0.2) is 12.1 Å². The van der Waals surface area contributed by atoms with Gasteiger partial charge in [0.25, 0.3) is 0 Å². The van der Waals surface area contributed by atoms with E-state index < -0.39 is 0 Å². The lowest BCUT2D eigenvalue weighted by Crippen LogP contribution is -2.51. The molecular weight excluding hydrogens is 236 g/mol. The first kappa shape index (κ1) is 13.2. The summed E-state index contributed by atoms with van der Waals surface area (Å²) in [6.45, 7) is 8.55. The van der Waals surface area contributed by atoms with Gasteiger partial charge in [0, 0.05) is 12.3 Å². The molecule has 3 aliphatic rings. The van der Waals surface area contributed by atoms with Gasteiger partial charge in [0.1, 0.15) is 6.10 Å². The lowest BCUT2D eigenvalue weighted by Gasteiger charge is -2.56. The van der Waals surface area contributed by atoms with Crippen molar-refractivity contribution in [1.82, 2.24) is 0 Å². The molecule has 2 fully saturated rings. The topological polar surface area (TPSA) is 26.3 Å². The molecule has 0 aliphatic heterocycles. The van der Waals surface area contributed by atoms with Crippen LogP contribution in [0.3, 0.4) is 0 Å². The zero-order valence-corrected chi connectivity index (χ0v) is 12.7. The summed E-state index contributed by atoms with van der Waals surface area (Å²) in [6, 6.07) is 0. The molecule has 0 aromatic heterocycles. The molecular formula is C17H26O2. The van der Waals surface area contributed by atoms with Crippen molar-refractivity contribution in [3.8, 4) is 0 Å². The number of carbonyl (C=O) groups excluding carboxylic acids is 1. The maximum Gasteiger partial charge on any atom is 0.302 e. The Labute approximate surface area is 116 Å². The number of hydrogen-bond donors (Lipinski definition) is 0. The molecule has 1 spiro atoms. The maximum absolute atomic E-state index is 11.3. The molecule has 0 N–H and O–H groups in total. The average Bonchev–Trinajstić information content (AvgIpc) is 2.54. The molecule has 2 heteroatoms. The summed E-state index contributed by atoms with van der Waals surface area (Å²) in [6.07, 6.45) is 7.48. The molecule has 2 saturated carbocycles. The van der Waals surface area contributed by atoms with Crippen LogP contribution in [0.4, 0.5) is 0 Å². The van der Waals surface area contributed by atoms with E-state index in [1.165, 1.54) is 32.1 Å². The van der Waals surface area contributed by atoms with Crippen LogP contribution >= 0.6 is 0 Å². The van der Waals surface area contributed by atoms with Crippen molar-refractivity contribution in [3.05, 3.63) is 11.1 Å². The molecule has 106 valence electrons. The number of carbonyl (C=O) groups is 1. The fourth-order valence-corrected chi connectivity index (χ4v) is 5.42. The van der Waals surface area contributed by atoms with E-state index in [1.54, 1.807) is 18.1 Å². The van der Waals surface area contributed by atoms with Gasteiger partial charge in [0.2, 0.25) is 0 Å². The second kappa shape index (κ2) is 4.10. The summed E-state index contributed by atoms with van der Waals surface area (Å²) in [4.78, 5) is 11.3. The molecule has 3 unspecified atom stereocenters. The molecule has 19 heavy (non-hydrogen) atoms. The second-order valence-corrected chi connectivity index (χ2v) is 7.56. The van der Waals surface area contributed by atoms with E-state index in [1.807, 2.05) is 0 Å². The van der Waals surface area contributed by atoms with E-state index in [4.69, 9.17) is 4.74 Å². The third-order valence-electron chi connectivity index (χ3n) is 6.30.